The van der Waals surface area contributed by atoms with Gasteiger partial charge in [-0.3, -0.25) is 0 Å². The smallest absolute Gasteiger partial charge is 0.223 e. The molecule has 0 atom stereocenters. The second-order valence-corrected chi connectivity index (χ2v) is 4.47. The SMILES string of the molecule is CC(C)c1ccccc1Oc1ncccc1CN. The fraction of sp³-hybridized carbons (Fsp3) is 0.267. The highest BCUT2D eigenvalue weighted by molar-refractivity contribution is 5.39. The highest BCUT2D eigenvalue weighted by Gasteiger charge is 2.10. The molecule has 94 valence electrons. The topological polar surface area (TPSA) is 48.1 Å². The molecule has 0 saturated carbocycles. The van der Waals surface area contributed by atoms with Gasteiger partial charge >= 0.3 is 0 Å². The lowest BCUT2D eigenvalue weighted by atomic mass is 10.0. The number of para-hydroxylation sites is 1. The van der Waals surface area contributed by atoms with Crippen LogP contribution in [0, 0.1) is 0 Å². The number of pyridine rings is 1. The van der Waals surface area contributed by atoms with E-state index in [4.69, 9.17) is 10.5 Å². The van der Waals surface area contributed by atoms with Crippen molar-refractivity contribution >= 4 is 0 Å². The number of nitrogens with zero attached hydrogens (tertiary/aromatic N) is 1. The zero-order valence-corrected chi connectivity index (χ0v) is 10.8. The molecule has 0 spiro atoms. The van der Waals surface area contributed by atoms with Crippen LogP contribution in [0.2, 0.25) is 0 Å². The van der Waals surface area contributed by atoms with Gasteiger partial charge < -0.3 is 10.5 Å². The zero-order valence-electron chi connectivity index (χ0n) is 10.8. The molecule has 0 bridgehead atoms. The molecule has 3 heteroatoms. The molecular weight excluding hydrogens is 224 g/mol. The van der Waals surface area contributed by atoms with Gasteiger partial charge in [-0.05, 0) is 23.6 Å². The van der Waals surface area contributed by atoms with E-state index in [0.29, 0.717) is 18.3 Å². The number of ether oxygens (including phenoxy) is 1. The molecule has 1 aromatic heterocycles. The third-order valence-electron chi connectivity index (χ3n) is 2.82. The molecular formula is C15H18N2O. The first-order valence-electron chi connectivity index (χ1n) is 6.13. The van der Waals surface area contributed by atoms with Gasteiger partial charge in [-0.2, -0.15) is 0 Å². The Morgan fingerprint density at radius 3 is 2.67 bits per heavy atom. The largest absolute Gasteiger partial charge is 0.438 e. The molecule has 2 rings (SSSR count). The summed E-state index contributed by atoms with van der Waals surface area (Å²) in [5, 5.41) is 0. The minimum atomic E-state index is 0.409. The van der Waals surface area contributed by atoms with E-state index in [2.05, 4.69) is 24.9 Å². The van der Waals surface area contributed by atoms with E-state index >= 15 is 0 Å². The standard InChI is InChI=1S/C15H18N2O/c1-11(2)13-7-3-4-8-14(13)18-15-12(10-16)6-5-9-17-15/h3-9,11H,10,16H2,1-2H3. The van der Waals surface area contributed by atoms with Crippen LogP contribution in [-0.2, 0) is 6.54 Å². The van der Waals surface area contributed by atoms with Gasteiger partial charge in [0, 0.05) is 18.3 Å². The van der Waals surface area contributed by atoms with E-state index < -0.39 is 0 Å². The quantitative estimate of drug-likeness (QED) is 0.893. The van der Waals surface area contributed by atoms with Crippen LogP contribution in [0.3, 0.4) is 0 Å². The molecule has 0 saturated heterocycles. The number of rotatable bonds is 4. The molecule has 0 unspecified atom stereocenters. The first-order valence-corrected chi connectivity index (χ1v) is 6.13. The van der Waals surface area contributed by atoms with Crippen molar-refractivity contribution in [2.45, 2.75) is 26.3 Å². The molecule has 3 nitrogen and oxygen atoms in total. The van der Waals surface area contributed by atoms with E-state index in [1.54, 1.807) is 6.20 Å². The lowest BCUT2D eigenvalue weighted by Gasteiger charge is -2.14. The summed E-state index contributed by atoms with van der Waals surface area (Å²) in [4.78, 5) is 4.24. The first-order chi connectivity index (χ1) is 8.72. The molecule has 1 heterocycles. The molecule has 0 radical (unpaired) electrons. The lowest BCUT2D eigenvalue weighted by molar-refractivity contribution is 0.448. The second kappa shape index (κ2) is 5.65. The van der Waals surface area contributed by atoms with Gasteiger partial charge in [0.25, 0.3) is 0 Å². The van der Waals surface area contributed by atoms with E-state index in [9.17, 15) is 0 Å². The van der Waals surface area contributed by atoms with Crippen LogP contribution < -0.4 is 10.5 Å². The Morgan fingerprint density at radius 1 is 1.17 bits per heavy atom. The van der Waals surface area contributed by atoms with Crippen LogP contribution in [0.4, 0.5) is 0 Å². The fourth-order valence-electron chi connectivity index (χ4n) is 1.83. The minimum Gasteiger partial charge on any atom is -0.438 e. The third kappa shape index (κ3) is 2.68. The van der Waals surface area contributed by atoms with Crippen LogP contribution >= 0.6 is 0 Å². The Labute approximate surface area is 108 Å². The fourth-order valence-corrected chi connectivity index (χ4v) is 1.83. The second-order valence-electron chi connectivity index (χ2n) is 4.47. The lowest BCUT2D eigenvalue weighted by Crippen LogP contribution is -2.02. The average molecular weight is 242 g/mol. The summed E-state index contributed by atoms with van der Waals surface area (Å²) in [6, 6.07) is 11.8. The van der Waals surface area contributed by atoms with Crippen LogP contribution in [0.15, 0.2) is 42.6 Å². The Bertz CT molecular complexity index is 523. The molecule has 0 aliphatic heterocycles. The van der Waals surface area contributed by atoms with Crippen LogP contribution in [-0.4, -0.2) is 4.98 Å². The van der Waals surface area contributed by atoms with Crippen molar-refractivity contribution in [1.82, 2.24) is 4.98 Å². The van der Waals surface area contributed by atoms with Crippen molar-refractivity contribution in [3.8, 4) is 11.6 Å². The van der Waals surface area contributed by atoms with Gasteiger partial charge in [-0.1, -0.05) is 38.1 Å². The predicted octanol–water partition coefficient (Wildman–Crippen LogP) is 3.46. The van der Waals surface area contributed by atoms with E-state index in [1.807, 2.05) is 30.3 Å². The maximum absolute atomic E-state index is 5.90. The van der Waals surface area contributed by atoms with Crippen molar-refractivity contribution in [3.05, 3.63) is 53.7 Å². The first kappa shape index (κ1) is 12.6. The molecule has 0 amide bonds. The van der Waals surface area contributed by atoms with Gasteiger partial charge in [0.15, 0.2) is 0 Å². The van der Waals surface area contributed by atoms with Crippen molar-refractivity contribution in [1.29, 1.82) is 0 Å². The monoisotopic (exact) mass is 242 g/mol. The summed E-state index contributed by atoms with van der Waals surface area (Å²) >= 11 is 0. The summed E-state index contributed by atoms with van der Waals surface area (Å²) in [6.07, 6.45) is 1.71. The number of benzene rings is 1. The van der Waals surface area contributed by atoms with Gasteiger partial charge in [0.05, 0.1) is 0 Å². The average Bonchev–Trinajstić information content (AvgIpc) is 2.40. The summed E-state index contributed by atoms with van der Waals surface area (Å²) in [7, 11) is 0. The summed E-state index contributed by atoms with van der Waals surface area (Å²) in [5.74, 6) is 1.85. The van der Waals surface area contributed by atoms with Crippen molar-refractivity contribution in [2.75, 3.05) is 0 Å². The number of aromatic nitrogens is 1. The van der Waals surface area contributed by atoms with Gasteiger partial charge in [-0.15, -0.1) is 0 Å². The number of nitrogens with two attached hydrogens (primary N) is 1. The zero-order chi connectivity index (χ0) is 13.0. The van der Waals surface area contributed by atoms with E-state index in [-0.39, 0.29) is 0 Å². The highest BCUT2D eigenvalue weighted by atomic mass is 16.5. The molecule has 1 aromatic carbocycles. The molecule has 18 heavy (non-hydrogen) atoms. The highest BCUT2D eigenvalue weighted by Crippen LogP contribution is 2.30. The van der Waals surface area contributed by atoms with Crippen molar-refractivity contribution in [2.24, 2.45) is 5.73 Å². The number of hydrogen-bond acceptors (Lipinski definition) is 3. The van der Waals surface area contributed by atoms with E-state index in [1.165, 1.54) is 5.56 Å². The van der Waals surface area contributed by atoms with Crippen LogP contribution in [0.5, 0.6) is 11.6 Å². The van der Waals surface area contributed by atoms with Gasteiger partial charge in [0.2, 0.25) is 5.88 Å². The minimum absolute atomic E-state index is 0.409. The van der Waals surface area contributed by atoms with Gasteiger partial charge in [-0.25, -0.2) is 4.98 Å². The molecule has 0 aliphatic carbocycles. The Morgan fingerprint density at radius 2 is 1.94 bits per heavy atom. The van der Waals surface area contributed by atoms with E-state index in [0.717, 1.165) is 11.3 Å². The Hall–Kier alpha value is -1.87. The van der Waals surface area contributed by atoms with Crippen LogP contribution in [0.1, 0.15) is 30.9 Å². The van der Waals surface area contributed by atoms with Crippen molar-refractivity contribution in [3.63, 3.8) is 0 Å². The summed E-state index contributed by atoms with van der Waals surface area (Å²) in [6.45, 7) is 4.71. The molecule has 0 fully saturated rings. The van der Waals surface area contributed by atoms with Crippen LogP contribution in [0.25, 0.3) is 0 Å². The Balaban J connectivity index is 2.34. The molecule has 2 aromatic rings. The summed E-state index contributed by atoms with van der Waals surface area (Å²) in [5.41, 5.74) is 7.77. The van der Waals surface area contributed by atoms with Gasteiger partial charge in [0.1, 0.15) is 5.75 Å². The Kier molecular flexibility index (Phi) is 3.95. The maximum Gasteiger partial charge on any atom is 0.223 e. The number of hydrogen-bond donors (Lipinski definition) is 1. The molecule has 2 N–H and O–H groups in total. The van der Waals surface area contributed by atoms with Crippen molar-refractivity contribution < 1.29 is 4.74 Å². The predicted molar refractivity (Wildman–Crippen MR) is 72.7 cm³/mol. The summed E-state index contributed by atoms with van der Waals surface area (Å²) < 4.78 is 5.90. The maximum atomic E-state index is 5.90. The normalized spacial score (nSPS) is 10.7. The molecule has 0 aliphatic rings. The third-order valence-corrected chi connectivity index (χ3v) is 2.82.